The van der Waals surface area contributed by atoms with Crippen LogP contribution in [0.3, 0.4) is 0 Å². The normalized spacial score (nSPS) is 10.2. The number of rotatable bonds is 3. The van der Waals surface area contributed by atoms with Crippen molar-refractivity contribution in [3.05, 3.63) is 45.9 Å². The van der Waals surface area contributed by atoms with Crippen molar-refractivity contribution in [2.75, 3.05) is 0 Å². The molecule has 17 heavy (non-hydrogen) atoms. The minimum absolute atomic E-state index is 0.0547. The van der Waals surface area contributed by atoms with Gasteiger partial charge in [0, 0.05) is 17.3 Å². The van der Waals surface area contributed by atoms with E-state index in [2.05, 4.69) is 9.97 Å². The van der Waals surface area contributed by atoms with Crippen LogP contribution in [0.4, 0.5) is 4.39 Å². The summed E-state index contributed by atoms with van der Waals surface area (Å²) in [4.78, 5) is 19.2. The van der Waals surface area contributed by atoms with Crippen LogP contribution in [0.15, 0.2) is 23.8 Å². The molecule has 2 rings (SSSR count). The predicted molar refractivity (Wildman–Crippen MR) is 60.2 cm³/mol. The Balaban J connectivity index is 2.01. The van der Waals surface area contributed by atoms with Gasteiger partial charge < -0.3 is 4.74 Å². The Hall–Kier alpha value is -1.82. The van der Waals surface area contributed by atoms with E-state index < -0.39 is 11.8 Å². The van der Waals surface area contributed by atoms with Gasteiger partial charge in [-0.3, -0.25) is 4.98 Å². The topological polar surface area (TPSA) is 52.1 Å². The Kier molecular flexibility index (Phi) is 3.43. The van der Waals surface area contributed by atoms with Gasteiger partial charge in [0.1, 0.15) is 11.6 Å². The first-order chi connectivity index (χ1) is 8.16. The van der Waals surface area contributed by atoms with Gasteiger partial charge in [-0.25, -0.2) is 14.2 Å². The van der Waals surface area contributed by atoms with Crippen LogP contribution in [0.5, 0.6) is 0 Å². The number of aryl methyl sites for hydroxylation is 1. The van der Waals surface area contributed by atoms with Crippen molar-refractivity contribution in [2.24, 2.45) is 0 Å². The highest BCUT2D eigenvalue weighted by atomic mass is 32.1. The molecule has 0 bridgehead atoms. The van der Waals surface area contributed by atoms with Crippen molar-refractivity contribution < 1.29 is 13.9 Å². The molecule has 0 radical (unpaired) electrons. The summed E-state index contributed by atoms with van der Waals surface area (Å²) >= 11 is 1.40. The number of pyridine rings is 1. The molecule has 0 N–H and O–H groups in total. The second kappa shape index (κ2) is 5.01. The standard InChI is InChI=1S/C11H9FN2O2S/c1-7-6-17-10(14-7)5-16-11(15)8-2-3-13-4-9(8)12/h2-4,6H,5H2,1H3. The van der Waals surface area contributed by atoms with E-state index in [-0.39, 0.29) is 12.2 Å². The number of ether oxygens (including phenoxy) is 1. The summed E-state index contributed by atoms with van der Waals surface area (Å²) < 4.78 is 18.1. The summed E-state index contributed by atoms with van der Waals surface area (Å²) in [5.74, 6) is -1.40. The maximum absolute atomic E-state index is 13.2. The van der Waals surface area contributed by atoms with Crippen molar-refractivity contribution >= 4 is 17.3 Å². The molecule has 2 aromatic heterocycles. The molecule has 0 spiro atoms. The molecule has 0 amide bonds. The molecule has 88 valence electrons. The fourth-order valence-corrected chi connectivity index (χ4v) is 1.90. The first-order valence-electron chi connectivity index (χ1n) is 4.84. The average molecular weight is 252 g/mol. The number of halogens is 1. The molecule has 0 unspecified atom stereocenters. The molecule has 4 nitrogen and oxygen atoms in total. The van der Waals surface area contributed by atoms with E-state index in [4.69, 9.17) is 4.74 Å². The van der Waals surface area contributed by atoms with Crippen LogP contribution in [-0.2, 0) is 11.3 Å². The van der Waals surface area contributed by atoms with Crippen molar-refractivity contribution in [1.82, 2.24) is 9.97 Å². The number of hydrogen-bond acceptors (Lipinski definition) is 5. The van der Waals surface area contributed by atoms with Crippen molar-refractivity contribution in [3.8, 4) is 0 Å². The van der Waals surface area contributed by atoms with Gasteiger partial charge >= 0.3 is 5.97 Å². The zero-order valence-corrected chi connectivity index (χ0v) is 9.83. The van der Waals surface area contributed by atoms with E-state index in [1.165, 1.54) is 23.6 Å². The molecule has 2 aromatic rings. The molecule has 0 aliphatic rings. The Labute approximate surface area is 101 Å². The summed E-state index contributed by atoms with van der Waals surface area (Å²) in [6, 6.07) is 1.28. The zero-order chi connectivity index (χ0) is 12.3. The van der Waals surface area contributed by atoms with E-state index >= 15 is 0 Å². The third-order valence-corrected chi connectivity index (χ3v) is 2.93. The lowest BCUT2D eigenvalue weighted by molar-refractivity contribution is 0.0466. The number of carbonyl (C=O) groups excluding carboxylic acids is 1. The molecular formula is C11H9FN2O2S. The number of nitrogens with zero attached hydrogens (tertiary/aromatic N) is 2. The van der Waals surface area contributed by atoms with Gasteiger partial charge in [0.15, 0.2) is 5.82 Å². The molecule has 0 fully saturated rings. The first kappa shape index (κ1) is 11.7. The molecule has 0 atom stereocenters. The zero-order valence-electron chi connectivity index (χ0n) is 9.01. The van der Waals surface area contributed by atoms with Gasteiger partial charge in [-0.1, -0.05) is 0 Å². The fourth-order valence-electron chi connectivity index (χ4n) is 1.21. The number of aromatic nitrogens is 2. The van der Waals surface area contributed by atoms with E-state index in [0.29, 0.717) is 5.01 Å². The lowest BCUT2D eigenvalue weighted by Crippen LogP contribution is -2.07. The van der Waals surface area contributed by atoms with Crippen molar-refractivity contribution in [2.45, 2.75) is 13.5 Å². The lowest BCUT2D eigenvalue weighted by Gasteiger charge is -2.02. The number of hydrogen-bond donors (Lipinski definition) is 0. The maximum Gasteiger partial charge on any atom is 0.341 e. The van der Waals surface area contributed by atoms with E-state index in [1.54, 1.807) is 0 Å². The monoisotopic (exact) mass is 252 g/mol. The molecular weight excluding hydrogens is 243 g/mol. The highest BCUT2D eigenvalue weighted by Crippen LogP contribution is 2.12. The molecule has 0 aliphatic heterocycles. The summed E-state index contributed by atoms with van der Waals surface area (Å²) in [7, 11) is 0. The third-order valence-electron chi connectivity index (χ3n) is 1.99. The molecule has 0 saturated carbocycles. The van der Waals surface area contributed by atoms with Gasteiger partial charge in [0.2, 0.25) is 0 Å². The van der Waals surface area contributed by atoms with Crippen LogP contribution in [0.1, 0.15) is 21.1 Å². The molecule has 6 heteroatoms. The Morgan fingerprint density at radius 1 is 1.59 bits per heavy atom. The Bertz CT molecular complexity index is 542. The first-order valence-corrected chi connectivity index (χ1v) is 5.72. The van der Waals surface area contributed by atoms with Gasteiger partial charge in [-0.2, -0.15) is 0 Å². The summed E-state index contributed by atoms with van der Waals surface area (Å²) in [5, 5.41) is 2.54. The Morgan fingerprint density at radius 2 is 2.41 bits per heavy atom. The predicted octanol–water partition coefficient (Wildman–Crippen LogP) is 2.34. The van der Waals surface area contributed by atoms with Crippen LogP contribution in [0.2, 0.25) is 0 Å². The average Bonchev–Trinajstić information content (AvgIpc) is 2.73. The molecule has 0 aromatic carbocycles. The van der Waals surface area contributed by atoms with Crippen molar-refractivity contribution in [1.29, 1.82) is 0 Å². The van der Waals surface area contributed by atoms with Crippen LogP contribution in [-0.4, -0.2) is 15.9 Å². The second-order valence-electron chi connectivity index (χ2n) is 3.31. The minimum atomic E-state index is -0.710. The quantitative estimate of drug-likeness (QED) is 0.787. The lowest BCUT2D eigenvalue weighted by atomic mass is 10.2. The number of esters is 1. The Morgan fingerprint density at radius 3 is 3.06 bits per heavy atom. The van der Waals surface area contributed by atoms with E-state index in [1.807, 2.05) is 12.3 Å². The minimum Gasteiger partial charge on any atom is -0.455 e. The SMILES string of the molecule is Cc1csc(COC(=O)c2ccncc2F)n1. The molecule has 0 aliphatic carbocycles. The fraction of sp³-hybridized carbons (Fsp3) is 0.182. The molecule has 2 heterocycles. The highest BCUT2D eigenvalue weighted by Gasteiger charge is 2.13. The maximum atomic E-state index is 13.2. The third kappa shape index (κ3) is 2.85. The largest absolute Gasteiger partial charge is 0.455 e. The summed E-state index contributed by atoms with van der Waals surface area (Å²) in [6.45, 7) is 1.91. The number of thiazole rings is 1. The van der Waals surface area contributed by atoms with Gasteiger partial charge in [0.25, 0.3) is 0 Å². The summed E-state index contributed by atoms with van der Waals surface area (Å²) in [5.41, 5.74) is 0.754. The van der Waals surface area contributed by atoms with Crippen LogP contribution in [0, 0.1) is 12.7 Å². The second-order valence-corrected chi connectivity index (χ2v) is 4.26. The molecule has 0 saturated heterocycles. The van der Waals surface area contributed by atoms with Gasteiger partial charge in [0.05, 0.1) is 11.8 Å². The number of carbonyl (C=O) groups is 1. The van der Waals surface area contributed by atoms with Crippen LogP contribution in [0.25, 0.3) is 0 Å². The van der Waals surface area contributed by atoms with Crippen LogP contribution >= 0.6 is 11.3 Å². The smallest absolute Gasteiger partial charge is 0.341 e. The van der Waals surface area contributed by atoms with Gasteiger partial charge in [-0.15, -0.1) is 11.3 Å². The van der Waals surface area contributed by atoms with E-state index in [9.17, 15) is 9.18 Å². The van der Waals surface area contributed by atoms with Crippen LogP contribution < -0.4 is 0 Å². The van der Waals surface area contributed by atoms with E-state index in [0.717, 1.165) is 11.9 Å². The van der Waals surface area contributed by atoms with Gasteiger partial charge in [-0.05, 0) is 13.0 Å². The highest BCUT2D eigenvalue weighted by molar-refractivity contribution is 7.09. The summed E-state index contributed by atoms with van der Waals surface area (Å²) in [6.07, 6.45) is 2.32. The van der Waals surface area contributed by atoms with Crippen molar-refractivity contribution in [3.63, 3.8) is 0 Å².